The van der Waals surface area contributed by atoms with Gasteiger partial charge in [-0.3, -0.25) is 15.0 Å². The van der Waals surface area contributed by atoms with Crippen LogP contribution in [0.3, 0.4) is 0 Å². The van der Waals surface area contributed by atoms with Crippen LogP contribution in [-0.4, -0.2) is 46.1 Å². The van der Waals surface area contributed by atoms with Crippen molar-refractivity contribution in [3.05, 3.63) is 33.9 Å². The molecule has 0 spiro atoms. The van der Waals surface area contributed by atoms with Crippen LogP contribution in [0.4, 0.5) is 11.4 Å². The number of fused-ring (bicyclic) bond motifs is 1. The fourth-order valence-electron chi connectivity index (χ4n) is 3.40. The first-order chi connectivity index (χ1) is 10.1. The molecule has 0 aromatic heterocycles. The Labute approximate surface area is 121 Å². The van der Waals surface area contributed by atoms with Crippen molar-refractivity contribution in [1.82, 2.24) is 4.90 Å². The van der Waals surface area contributed by atoms with Crippen LogP contribution in [0.25, 0.3) is 0 Å². The molecule has 0 radical (unpaired) electrons. The van der Waals surface area contributed by atoms with Crippen molar-refractivity contribution in [3.8, 4) is 0 Å². The number of benzene rings is 1. The summed E-state index contributed by atoms with van der Waals surface area (Å²) in [6, 6.07) is 4.41. The topological polar surface area (TPSA) is 95.7 Å². The van der Waals surface area contributed by atoms with E-state index in [0.717, 1.165) is 32.4 Å². The Morgan fingerprint density at radius 1 is 1.38 bits per heavy atom. The average Bonchev–Trinajstić information content (AvgIpc) is 3.03. The van der Waals surface area contributed by atoms with Crippen molar-refractivity contribution >= 4 is 17.3 Å². The molecule has 112 valence electrons. The maximum Gasteiger partial charge on any atom is 0.337 e. The SMILES string of the molecule is O=C(O)c1ccc([N+](=O)[O-])cc1NC1CCN2CCCC12. The maximum atomic E-state index is 11.3. The van der Waals surface area contributed by atoms with Crippen molar-refractivity contribution in [2.24, 2.45) is 0 Å². The summed E-state index contributed by atoms with van der Waals surface area (Å²) in [6.07, 6.45) is 3.19. The molecule has 0 amide bonds. The molecule has 7 nitrogen and oxygen atoms in total. The van der Waals surface area contributed by atoms with Gasteiger partial charge in [0.05, 0.1) is 16.2 Å². The molecule has 2 heterocycles. The first kappa shape index (κ1) is 13.8. The molecule has 0 bridgehead atoms. The average molecular weight is 291 g/mol. The quantitative estimate of drug-likeness (QED) is 0.650. The molecule has 1 aromatic carbocycles. The number of nitrogens with one attached hydrogen (secondary N) is 1. The first-order valence-electron chi connectivity index (χ1n) is 7.08. The molecular formula is C14H17N3O4. The molecule has 2 saturated heterocycles. The van der Waals surface area contributed by atoms with Crippen LogP contribution in [0.2, 0.25) is 0 Å². The first-order valence-corrected chi connectivity index (χ1v) is 7.08. The van der Waals surface area contributed by atoms with Crippen LogP contribution >= 0.6 is 0 Å². The minimum absolute atomic E-state index is 0.0806. The van der Waals surface area contributed by atoms with Gasteiger partial charge in [-0.2, -0.15) is 0 Å². The van der Waals surface area contributed by atoms with E-state index in [1.807, 2.05) is 0 Å². The lowest BCUT2D eigenvalue weighted by Crippen LogP contribution is -2.34. The van der Waals surface area contributed by atoms with Gasteiger partial charge in [-0.15, -0.1) is 0 Å². The molecule has 2 atom stereocenters. The van der Waals surface area contributed by atoms with E-state index in [0.29, 0.717) is 11.7 Å². The van der Waals surface area contributed by atoms with Crippen LogP contribution in [0.1, 0.15) is 29.6 Å². The number of carbonyl (C=O) groups is 1. The summed E-state index contributed by atoms with van der Waals surface area (Å²) >= 11 is 0. The highest BCUT2D eigenvalue weighted by atomic mass is 16.6. The van der Waals surface area contributed by atoms with E-state index in [4.69, 9.17) is 0 Å². The summed E-state index contributed by atoms with van der Waals surface area (Å²) in [4.78, 5) is 24.1. The van der Waals surface area contributed by atoms with Crippen LogP contribution in [-0.2, 0) is 0 Å². The van der Waals surface area contributed by atoms with Gasteiger partial charge in [0.2, 0.25) is 0 Å². The number of nitro benzene ring substituents is 1. The standard InChI is InChI=1S/C14H17N3O4/c18-14(19)10-4-3-9(17(20)21)8-12(10)15-11-5-7-16-6-1-2-13(11)16/h3-4,8,11,13,15H,1-2,5-7H2,(H,18,19). The number of nitrogens with zero attached hydrogens (tertiary/aromatic N) is 2. The van der Waals surface area contributed by atoms with Gasteiger partial charge < -0.3 is 10.4 Å². The Balaban J connectivity index is 1.87. The number of nitro groups is 1. The van der Waals surface area contributed by atoms with E-state index in [-0.39, 0.29) is 17.3 Å². The van der Waals surface area contributed by atoms with Gasteiger partial charge in [-0.25, -0.2) is 4.79 Å². The molecule has 21 heavy (non-hydrogen) atoms. The number of hydrogen-bond donors (Lipinski definition) is 2. The summed E-state index contributed by atoms with van der Waals surface area (Å²) in [5.41, 5.74) is 0.330. The van der Waals surface area contributed by atoms with E-state index >= 15 is 0 Å². The zero-order chi connectivity index (χ0) is 15.0. The Morgan fingerprint density at radius 2 is 2.19 bits per heavy atom. The maximum absolute atomic E-state index is 11.3. The van der Waals surface area contributed by atoms with Gasteiger partial charge in [0.25, 0.3) is 5.69 Å². The second kappa shape index (κ2) is 5.33. The number of rotatable bonds is 4. The molecule has 2 fully saturated rings. The Kier molecular flexibility index (Phi) is 3.50. The zero-order valence-electron chi connectivity index (χ0n) is 11.5. The third-order valence-corrected chi connectivity index (χ3v) is 4.39. The molecule has 0 aliphatic carbocycles. The highest BCUT2D eigenvalue weighted by Gasteiger charge is 2.37. The molecule has 2 N–H and O–H groups in total. The number of carboxylic acid groups (broad SMARTS) is 1. The predicted molar refractivity (Wildman–Crippen MR) is 76.7 cm³/mol. The van der Waals surface area contributed by atoms with Crippen LogP contribution in [0.5, 0.6) is 0 Å². The van der Waals surface area contributed by atoms with Crippen molar-refractivity contribution < 1.29 is 14.8 Å². The van der Waals surface area contributed by atoms with E-state index in [1.165, 1.54) is 18.2 Å². The Bertz CT molecular complexity index is 590. The number of carboxylic acids is 1. The summed E-state index contributed by atoms with van der Waals surface area (Å²) < 4.78 is 0. The molecule has 3 rings (SSSR count). The summed E-state index contributed by atoms with van der Waals surface area (Å²) in [7, 11) is 0. The van der Waals surface area contributed by atoms with Crippen molar-refractivity contribution in [1.29, 1.82) is 0 Å². The highest BCUT2D eigenvalue weighted by molar-refractivity contribution is 5.94. The van der Waals surface area contributed by atoms with Crippen molar-refractivity contribution in [3.63, 3.8) is 0 Å². The molecule has 2 unspecified atom stereocenters. The normalized spacial score (nSPS) is 24.8. The fraction of sp³-hybridized carbons (Fsp3) is 0.500. The molecule has 0 saturated carbocycles. The van der Waals surface area contributed by atoms with Gasteiger partial charge in [-0.1, -0.05) is 0 Å². The second-order valence-electron chi connectivity index (χ2n) is 5.58. The smallest absolute Gasteiger partial charge is 0.337 e. The minimum atomic E-state index is -1.08. The van der Waals surface area contributed by atoms with E-state index in [1.54, 1.807) is 0 Å². The predicted octanol–water partition coefficient (Wildman–Crippen LogP) is 1.94. The lowest BCUT2D eigenvalue weighted by molar-refractivity contribution is -0.384. The number of hydrogen-bond acceptors (Lipinski definition) is 5. The summed E-state index contributed by atoms with van der Waals surface area (Å²) in [5, 5.41) is 23.3. The van der Waals surface area contributed by atoms with E-state index in [2.05, 4.69) is 10.2 Å². The second-order valence-corrected chi connectivity index (χ2v) is 5.58. The molecule has 1 aromatic rings. The zero-order valence-corrected chi connectivity index (χ0v) is 11.5. The fourth-order valence-corrected chi connectivity index (χ4v) is 3.40. The summed E-state index contributed by atoms with van der Waals surface area (Å²) in [5.74, 6) is -1.08. The number of non-ortho nitro benzene ring substituents is 1. The molecule has 2 aliphatic heterocycles. The van der Waals surface area contributed by atoms with Crippen molar-refractivity contribution in [2.45, 2.75) is 31.3 Å². The number of anilines is 1. The van der Waals surface area contributed by atoms with Gasteiger partial charge >= 0.3 is 5.97 Å². The monoisotopic (exact) mass is 291 g/mol. The molecule has 2 aliphatic rings. The van der Waals surface area contributed by atoms with Crippen LogP contribution < -0.4 is 5.32 Å². The van der Waals surface area contributed by atoms with Crippen molar-refractivity contribution in [2.75, 3.05) is 18.4 Å². The van der Waals surface area contributed by atoms with E-state index < -0.39 is 10.9 Å². The lowest BCUT2D eigenvalue weighted by Gasteiger charge is -2.23. The summed E-state index contributed by atoms with van der Waals surface area (Å²) in [6.45, 7) is 2.09. The van der Waals surface area contributed by atoms with Gasteiger partial charge in [-0.05, 0) is 31.9 Å². The van der Waals surface area contributed by atoms with Gasteiger partial charge in [0, 0.05) is 30.8 Å². The van der Waals surface area contributed by atoms with Gasteiger partial charge in [0.1, 0.15) is 0 Å². The number of aromatic carboxylic acids is 1. The lowest BCUT2D eigenvalue weighted by atomic mass is 10.0. The molecular weight excluding hydrogens is 274 g/mol. The Morgan fingerprint density at radius 3 is 2.90 bits per heavy atom. The van der Waals surface area contributed by atoms with E-state index in [9.17, 15) is 20.0 Å². The van der Waals surface area contributed by atoms with Crippen LogP contribution in [0, 0.1) is 10.1 Å². The minimum Gasteiger partial charge on any atom is -0.478 e. The molecule has 7 heteroatoms. The third kappa shape index (κ3) is 2.56. The highest BCUT2D eigenvalue weighted by Crippen LogP contribution is 2.32. The largest absolute Gasteiger partial charge is 0.478 e. The Hall–Kier alpha value is -2.15. The van der Waals surface area contributed by atoms with Gasteiger partial charge in [0.15, 0.2) is 0 Å². The third-order valence-electron chi connectivity index (χ3n) is 4.39. The van der Waals surface area contributed by atoms with Crippen LogP contribution in [0.15, 0.2) is 18.2 Å².